The molecule has 0 radical (unpaired) electrons. The SMILES string of the molecule is C=C[CH-]S(=O)(=O)c1ccccc1.[Li+]. The second-order valence-corrected chi connectivity index (χ2v) is 4.06. The number of sulfone groups is 1. The summed E-state index contributed by atoms with van der Waals surface area (Å²) in [6, 6.07) is 8.24. The molecule has 0 saturated heterocycles. The van der Waals surface area contributed by atoms with Crippen LogP contribution >= 0.6 is 0 Å². The molecule has 0 aromatic heterocycles. The Morgan fingerprint density at radius 1 is 1.23 bits per heavy atom. The van der Waals surface area contributed by atoms with Crippen LogP contribution in [0.4, 0.5) is 0 Å². The van der Waals surface area contributed by atoms with Gasteiger partial charge in [-0.3, -0.25) is 0 Å². The van der Waals surface area contributed by atoms with Crippen LogP contribution in [0.15, 0.2) is 47.9 Å². The third-order valence-corrected chi connectivity index (χ3v) is 2.83. The Bertz CT molecular complexity index is 356. The van der Waals surface area contributed by atoms with Crippen molar-refractivity contribution in [2.45, 2.75) is 4.90 Å². The summed E-state index contributed by atoms with van der Waals surface area (Å²) < 4.78 is 22.6. The third kappa shape index (κ3) is 3.31. The second-order valence-electron chi connectivity index (χ2n) is 2.23. The molecule has 0 N–H and O–H groups in total. The summed E-state index contributed by atoms with van der Waals surface area (Å²) in [6.07, 6.45) is 1.27. The molecule has 0 bridgehead atoms. The molecule has 0 aliphatic carbocycles. The molecule has 64 valence electrons. The van der Waals surface area contributed by atoms with E-state index in [9.17, 15) is 8.42 Å². The molecule has 0 fully saturated rings. The molecule has 0 heterocycles. The van der Waals surface area contributed by atoms with Crippen LogP contribution in [0.2, 0.25) is 0 Å². The van der Waals surface area contributed by atoms with Crippen LogP contribution in [0.5, 0.6) is 0 Å². The summed E-state index contributed by atoms with van der Waals surface area (Å²) in [6.45, 7) is 3.34. The topological polar surface area (TPSA) is 34.1 Å². The fraction of sp³-hybridized carbons (Fsp3) is 0. The fourth-order valence-electron chi connectivity index (χ4n) is 0.815. The van der Waals surface area contributed by atoms with Crippen LogP contribution in [0.1, 0.15) is 0 Å². The van der Waals surface area contributed by atoms with Gasteiger partial charge in [-0.15, -0.1) is 5.75 Å². The van der Waals surface area contributed by atoms with Crippen molar-refractivity contribution in [2.24, 2.45) is 0 Å². The maximum absolute atomic E-state index is 11.3. The maximum atomic E-state index is 11.3. The average molecular weight is 188 g/mol. The van der Waals surface area contributed by atoms with Crippen molar-refractivity contribution in [3.63, 3.8) is 0 Å². The van der Waals surface area contributed by atoms with E-state index in [1.165, 1.54) is 6.08 Å². The van der Waals surface area contributed by atoms with Crippen LogP contribution in [0.25, 0.3) is 0 Å². The minimum Gasteiger partial charge on any atom is -0.244 e. The van der Waals surface area contributed by atoms with Crippen molar-refractivity contribution in [3.8, 4) is 0 Å². The monoisotopic (exact) mass is 188 g/mol. The van der Waals surface area contributed by atoms with Gasteiger partial charge >= 0.3 is 18.9 Å². The van der Waals surface area contributed by atoms with Crippen LogP contribution in [0, 0.1) is 5.75 Å². The van der Waals surface area contributed by atoms with E-state index in [-0.39, 0.29) is 18.9 Å². The van der Waals surface area contributed by atoms with Crippen LogP contribution in [-0.2, 0) is 9.84 Å². The summed E-state index contributed by atoms with van der Waals surface area (Å²) in [5, 5.41) is 0. The first-order chi connectivity index (χ1) is 5.67. The van der Waals surface area contributed by atoms with Crippen molar-refractivity contribution in [3.05, 3.63) is 48.7 Å². The van der Waals surface area contributed by atoms with E-state index in [0.717, 1.165) is 5.75 Å². The minimum absolute atomic E-state index is 0. The standard InChI is InChI=1S/C9H9O2S.Li/c1-2-8-12(10,11)9-6-4-3-5-7-9;/h2-8H,1H2;/q-1;+1. The molecule has 0 saturated carbocycles. The molecule has 0 unspecified atom stereocenters. The quantitative estimate of drug-likeness (QED) is 0.441. The Labute approximate surface area is 90.8 Å². The average Bonchev–Trinajstić information content (AvgIpc) is 2.06. The first-order valence-electron chi connectivity index (χ1n) is 3.43. The van der Waals surface area contributed by atoms with Gasteiger partial charge in [-0.2, -0.15) is 0 Å². The normalized spacial score (nSPS) is 9.85. The number of hydrogen-bond acceptors (Lipinski definition) is 2. The Morgan fingerprint density at radius 3 is 2.23 bits per heavy atom. The molecule has 0 amide bonds. The van der Waals surface area contributed by atoms with E-state index in [1.54, 1.807) is 30.3 Å². The largest absolute Gasteiger partial charge is 1.00 e. The third-order valence-electron chi connectivity index (χ3n) is 1.35. The molecular formula is C9H9LiO2S. The van der Waals surface area contributed by atoms with E-state index < -0.39 is 9.84 Å². The molecule has 13 heavy (non-hydrogen) atoms. The summed E-state index contributed by atoms with van der Waals surface area (Å²) >= 11 is 0. The van der Waals surface area contributed by atoms with E-state index in [0.29, 0.717) is 4.90 Å². The van der Waals surface area contributed by atoms with Gasteiger partial charge in [0.2, 0.25) is 0 Å². The van der Waals surface area contributed by atoms with Gasteiger partial charge in [0.1, 0.15) is 9.84 Å². The fourth-order valence-corrected chi connectivity index (χ4v) is 1.76. The first kappa shape index (κ1) is 12.4. The smallest absolute Gasteiger partial charge is 0.244 e. The van der Waals surface area contributed by atoms with Gasteiger partial charge in [0.25, 0.3) is 0 Å². The van der Waals surface area contributed by atoms with Crippen LogP contribution in [0.3, 0.4) is 0 Å². The van der Waals surface area contributed by atoms with E-state index in [4.69, 9.17) is 0 Å². The Morgan fingerprint density at radius 2 is 1.77 bits per heavy atom. The predicted octanol–water partition coefficient (Wildman–Crippen LogP) is -1.19. The van der Waals surface area contributed by atoms with Crippen LogP contribution < -0.4 is 18.9 Å². The zero-order chi connectivity index (χ0) is 9.03. The minimum atomic E-state index is -3.25. The van der Waals surface area contributed by atoms with Crippen molar-refractivity contribution >= 4 is 9.84 Å². The molecule has 0 atom stereocenters. The van der Waals surface area contributed by atoms with Crippen molar-refractivity contribution in [1.29, 1.82) is 0 Å². The van der Waals surface area contributed by atoms with Crippen molar-refractivity contribution < 1.29 is 27.3 Å². The van der Waals surface area contributed by atoms with Crippen LogP contribution in [-0.4, -0.2) is 8.42 Å². The first-order valence-corrected chi connectivity index (χ1v) is 4.97. The van der Waals surface area contributed by atoms with Gasteiger partial charge in [0.05, 0.1) is 4.90 Å². The van der Waals surface area contributed by atoms with E-state index in [2.05, 4.69) is 6.58 Å². The van der Waals surface area contributed by atoms with Gasteiger partial charge in [0.15, 0.2) is 0 Å². The molecule has 1 aromatic rings. The molecule has 0 aliphatic heterocycles. The van der Waals surface area contributed by atoms with Crippen molar-refractivity contribution in [2.75, 3.05) is 0 Å². The predicted molar refractivity (Wildman–Crippen MR) is 48.1 cm³/mol. The maximum Gasteiger partial charge on any atom is 1.00 e. The van der Waals surface area contributed by atoms with Gasteiger partial charge in [-0.25, -0.2) is 21.1 Å². The Kier molecular flexibility index (Phi) is 4.93. The number of hydrogen-bond donors (Lipinski definition) is 0. The van der Waals surface area contributed by atoms with Gasteiger partial charge in [0, 0.05) is 0 Å². The van der Waals surface area contributed by atoms with Crippen molar-refractivity contribution in [1.82, 2.24) is 0 Å². The summed E-state index contributed by atoms with van der Waals surface area (Å²) in [5.74, 6) is 1.09. The molecule has 2 nitrogen and oxygen atoms in total. The molecule has 4 heteroatoms. The summed E-state index contributed by atoms with van der Waals surface area (Å²) in [5.41, 5.74) is 0. The molecule has 1 aromatic carbocycles. The van der Waals surface area contributed by atoms with Gasteiger partial charge in [-0.1, -0.05) is 18.2 Å². The molecule has 0 spiro atoms. The summed E-state index contributed by atoms with van der Waals surface area (Å²) in [7, 11) is -3.25. The molecule has 0 aliphatic rings. The van der Waals surface area contributed by atoms with E-state index in [1.807, 2.05) is 0 Å². The van der Waals surface area contributed by atoms with E-state index >= 15 is 0 Å². The zero-order valence-corrected chi connectivity index (χ0v) is 8.29. The number of benzene rings is 1. The van der Waals surface area contributed by atoms with Gasteiger partial charge in [-0.05, 0) is 12.1 Å². The Balaban J connectivity index is 0.00000144. The summed E-state index contributed by atoms with van der Waals surface area (Å²) in [4.78, 5) is 0.296. The number of rotatable bonds is 3. The van der Waals surface area contributed by atoms with Gasteiger partial charge < -0.3 is 0 Å². The zero-order valence-electron chi connectivity index (χ0n) is 7.47. The Hall–Kier alpha value is -0.623. The second kappa shape index (κ2) is 5.18. The molecule has 1 rings (SSSR count). The molecular weight excluding hydrogens is 179 g/mol.